The fraction of sp³-hybridized carbons (Fsp3) is 0.467. The van der Waals surface area contributed by atoms with Crippen LogP contribution in [-0.2, 0) is 16.0 Å². The van der Waals surface area contributed by atoms with Crippen molar-refractivity contribution < 1.29 is 50.4 Å². The number of hydrogen-bond donors (Lipinski definition) is 9. The minimum Gasteiger partial charge on any atom is -0.504 e. The van der Waals surface area contributed by atoms with Crippen LogP contribution >= 0.6 is 0 Å². The highest BCUT2D eigenvalue weighted by atomic mass is 16.4. The second kappa shape index (κ2) is 11.4. The Morgan fingerprint density at radius 3 is 2.08 bits per heavy atom. The van der Waals surface area contributed by atoms with Gasteiger partial charge in [0.15, 0.2) is 17.8 Å². The van der Waals surface area contributed by atoms with Crippen molar-refractivity contribution >= 4 is 12.3 Å². The topological polar surface area (TPSA) is 222 Å². The molecule has 11 nitrogen and oxygen atoms in total. The Bertz CT molecular complexity index is 582. The molecule has 148 valence electrons. The quantitative estimate of drug-likeness (QED) is 0.161. The number of aromatic hydroxyl groups is 2. The molecule has 0 heterocycles. The fourth-order valence-electron chi connectivity index (χ4n) is 1.66. The number of carboxylic acids is 1. The van der Waals surface area contributed by atoms with Crippen molar-refractivity contribution in [2.24, 2.45) is 5.73 Å². The van der Waals surface area contributed by atoms with Crippen molar-refractivity contribution in [1.82, 2.24) is 0 Å². The van der Waals surface area contributed by atoms with Crippen LogP contribution in [0.2, 0.25) is 0 Å². The van der Waals surface area contributed by atoms with Crippen molar-refractivity contribution in [3.05, 3.63) is 23.8 Å². The molecule has 1 aromatic carbocycles. The van der Waals surface area contributed by atoms with Gasteiger partial charge in [0.1, 0.15) is 30.5 Å². The summed E-state index contributed by atoms with van der Waals surface area (Å²) in [5.74, 6) is -1.62. The summed E-state index contributed by atoms with van der Waals surface area (Å²) < 4.78 is 0. The SMILES string of the molecule is NC(Cc1ccc(O)c(O)c1)C(=O)O.O=C[C@H](O)[C@@H](O)[C@H](O)[C@H](O)CO. The molecular weight excluding hydrogens is 354 g/mol. The van der Waals surface area contributed by atoms with Gasteiger partial charge in [-0.2, -0.15) is 0 Å². The van der Waals surface area contributed by atoms with Gasteiger partial charge in [-0.1, -0.05) is 6.07 Å². The van der Waals surface area contributed by atoms with Crippen molar-refractivity contribution in [3.8, 4) is 11.5 Å². The van der Waals surface area contributed by atoms with Gasteiger partial charge in [-0.3, -0.25) is 4.79 Å². The molecule has 5 atom stereocenters. The van der Waals surface area contributed by atoms with E-state index in [0.717, 1.165) is 0 Å². The third-order valence-corrected chi connectivity index (χ3v) is 3.23. The molecule has 0 aromatic heterocycles. The Kier molecular flexibility index (Phi) is 10.4. The van der Waals surface area contributed by atoms with E-state index in [2.05, 4.69) is 0 Å². The molecule has 10 N–H and O–H groups in total. The molecule has 0 aliphatic heterocycles. The lowest BCUT2D eigenvalue weighted by Crippen LogP contribution is -2.46. The zero-order chi connectivity index (χ0) is 20.4. The molecule has 1 aromatic rings. The number of phenols is 2. The molecule has 0 bridgehead atoms. The van der Waals surface area contributed by atoms with Gasteiger partial charge in [0.2, 0.25) is 0 Å². The first kappa shape index (κ1) is 23.7. The number of carbonyl (C=O) groups excluding carboxylic acids is 1. The number of benzene rings is 1. The second-order valence-electron chi connectivity index (χ2n) is 5.33. The molecule has 0 aliphatic carbocycles. The lowest BCUT2D eigenvalue weighted by atomic mass is 10.0. The monoisotopic (exact) mass is 377 g/mol. The van der Waals surface area contributed by atoms with Crippen LogP contribution in [0.5, 0.6) is 11.5 Å². The molecular formula is C15H23NO10. The van der Waals surface area contributed by atoms with Crippen LogP contribution in [0, 0.1) is 0 Å². The van der Waals surface area contributed by atoms with Crippen LogP contribution in [-0.4, -0.2) is 90.2 Å². The Balaban J connectivity index is 0.000000488. The molecule has 0 amide bonds. The maximum absolute atomic E-state index is 10.4. The van der Waals surface area contributed by atoms with Crippen LogP contribution < -0.4 is 5.73 Å². The first-order valence-corrected chi connectivity index (χ1v) is 7.32. The Morgan fingerprint density at radius 2 is 1.65 bits per heavy atom. The van der Waals surface area contributed by atoms with E-state index in [1.165, 1.54) is 18.2 Å². The largest absolute Gasteiger partial charge is 0.504 e. The van der Waals surface area contributed by atoms with E-state index in [-0.39, 0.29) is 24.2 Å². The summed E-state index contributed by atoms with van der Waals surface area (Å²) in [7, 11) is 0. The molecule has 0 aliphatic rings. The normalized spacial score (nSPS) is 16.4. The van der Waals surface area contributed by atoms with Crippen molar-refractivity contribution in [2.75, 3.05) is 6.61 Å². The predicted octanol–water partition coefficient (Wildman–Crippen LogP) is -3.33. The first-order chi connectivity index (χ1) is 12.0. The standard InChI is InChI=1S/C9H11NO4.C6H12O6/c10-6(9(13)14)3-5-1-2-7(11)8(12)4-5;7-1-3(9)5(11)6(12)4(10)2-8/h1-2,4,6,11-12H,3,10H2,(H,13,14);1,3-6,8-12H,2H2/t;3-,4+,5+,6+/m.0/s1. The maximum atomic E-state index is 10.4. The number of carbonyl (C=O) groups is 2. The van der Waals surface area contributed by atoms with E-state index in [0.29, 0.717) is 5.56 Å². The minimum absolute atomic E-state index is 0.0258. The zero-order valence-corrected chi connectivity index (χ0v) is 13.6. The van der Waals surface area contributed by atoms with E-state index in [1.54, 1.807) is 0 Å². The highest BCUT2D eigenvalue weighted by molar-refractivity contribution is 5.73. The average Bonchev–Trinajstić information content (AvgIpc) is 2.62. The van der Waals surface area contributed by atoms with E-state index in [9.17, 15) is 9.59 Å². The smallest absolute Gasteiger partial charge is 0.320 e. The molecule has 0 spiro atoms. The molecule has 11 heteroatoms. The number of aliphatic hydroxyl groups is 5. The van der Waals surface area contributed by atoms with Crippen LogP contribution in [0.4, 0.5) is 0 Å². The number of phenolic OH excluding ortho intramolecular Hbond substituents is 2. The summed E-state index contributed by atoms with van der Waals surface area (Å²) in [5.41, 5.74) is 5.86. The van der Waals surface area contributed by atoms with Gasteiger partial charge in [0.25, 0.3) is 0 Å². The summed E-state index contributed by atoms with van der Waals surface area (Å²) in [6.07, 6.45) is -6.73. The highest BCUT2D eigenvalue weighted by Gasteiger charge is 2.29. The number of aliphatic hydroxyl groups excluding tert-OH is 5. The van der Waals surface area contributed by atoms with E-state index < -0.39 is 43.0 Å². The van der Waals surface area contributed by atoms with Gasteiger partial charge < -0.3 is 51.4 Å². The fourth-order valence-corrected chi connectivity index (χ4v) is 1.66. The lowest BCUT2D eigenvalue weighted by molar-refractivity contribution is -0.138. The number of hydrogen-bond acceptors (Lipinski definition) is 10. The summed E-state index contributed by atoms with van der Waals surface area (Å²) >= 11 is 0. The summed E-state index contributed by atoms with van der Waals surface area (Å²) in [6.45, 7) is -0.760. The first-order valence-electron chi connectivity index (χ1n) is 7.32. The zero-order valence-electron chi connectivity index (χ0n) is 13.6. The van der Waals surface area contributed by atoms with Crippen molar-refractivity contribution in [1.29, 1.82) is 0 Å². The van der Waals surface area contributed by atoms with Crippen LogP contribution in [0.1, 0.15) is 5.56 Å². The summed E-state index contributed by atoms with van der Waals surface area (Å²) in [6, 6.07) is 3.09. The minimum atomic E-state index is -1.79. The Labute approximate surface area is 148 Å². The molecule has 0 radical (unpaired) electrons. The van der Waals surface area contributed by atoms with E-state index in [4.69, 9.17) is 46.6 Å². The van der Waals surface area contributed by atoms with Crippen molar-refractivity contribution in [2.45, 2.75) is 36.9 Å². The van der Waals surface area contributed by atoms with Crippen LogP contribution in [0.15, 0.2) is 18.2 Å². The molecule has 26 heavy (non-hydrogen) atoms. The molecule has 0 fully saturated rings. The molecule has 1 unspecified atom stereocenters. The number of aldehydes is 1. The van der Waals surface area contributed by atoms with E-state index >= 15 is 0 Å². The number of carboxylic acid groups (broad SMARTS) is 1. The lowest BCUT2D eigenvalue weighted by Gasteiger charge is -2.22. The van der Waals surface area contributed by atoms with Gasteiger partial charge in [-0.15, -0.1) is 0 Å². The van der Waals surface area contributed by atoms with Crippen LogP contribution in [0.25, 0.3) is 0 Å². The second-order valence-corrected chi connectivity index (χ2v) is 5.33. The third-order valence-electron chi connectivity index (χ3n) is 3.23. The van der Waals surface area contributed by atoms with Gasteiger partial charge in [0, 0.05) is 0 Å². The molecule has 1 rings (SSSR count). The van der Waals surface area contributed by atoms with Gasteiger partial charge in [-0.05, 0) is 24.1 Å². The van der Waals surface area contributed by atoms with Gasteiger partial charge in [-0.25, -0.2) is 0 Å². The average molecular weight is 377 g/mol. The third kappa shape index (κ3) is 7.74. The summed E-state index contributed by atoms with van der Waals surface area (Å²) in [4.78, 5) is 20.3. The Morgan fingerprint density at radius 1 is 1.08 bits per heavy atom. The Hall–Kier alpha value is -2.28. The van der Waals surface area contributed by atoms with Crippen LogP contribution in [0.3, 0.4) is 0 Å². The number of nitrogens with two attached hydrogens (primary N) is 1. The molecule has 0 saturated carbocycles. The number of aliphatic carboxylic acids is 1. The predicted molar refractivity (Wildman–Crippen MR) is 86.3 cm³/mol. The van der Waals surface area contributed by atoms with Gasteiger partial charge in [0.05, 0.1) is 6.61 Å². The molecule has 0 saturated heterocycles. The maximum Gasteiger partial charge on any atom is 0.320 e. The van der Waals surface area contributed by atoms with Crippen molar-refractivity contribution in [3.63, 3.8) is 0 Å². The highest BCUT2D eigenvalue weighted by Crippen LogP contribution is 2.25. The number of rotatable bonds is 8. The van der Waals surface area contributed by atoms with E-state index in [1.807, 2.05) is 0 Å². The summed E-state index contributed by atoms with van der Waals surface area (Å²) in [5, 5.41) is 70.2. The van der Waals surface area contributed by atoms with Gasteiger partial charge >= 0.3 is 5.97 Å².